The third-order valence-corrected chi connectivity index (χ3v) is 5.91. The van der Waals surface area contributed by atoms with Gasteiger partial charge in [-0.1, -0.05) is 11.6 Å². The number of ether oxygens (including phenoxy) is 1. The Hall–Kier alpha value is -2.16. The molecule has 0 spiro atoms. The number of nitrogens with zero attached hydrogens (tertiary/aromatic N) is 2. The summed E-state index contributed by atoms with van der Waals surface area (Å²) in [5.41, 5.74) is 1.84. The van der Waals surface area contributed by atoms with Crippen LogP contribution in [0.2, 0.25) is 5.15 Å². The van der Waals surface area contributed by atoms with Gasteiger partial charge in [0.25, 0.3) is 0 Å². The second-order valence-corrected chi connectivity index (χ2v) is 7.83. The van der Waals surface area contributed by atoms with E-state index in [1.165, 1.54) is 28.7 Å². The van der Waals surface area contributed by atoms with Gasteiger partial charge < -0.3 is 10.1 Å². The van der Waals surface area contributed by atoms with E-state index < -0.39 is 5.97 Å². The molecule has 0 aromatic carbocycles. The molecule has 0 radical (unpaired) electrons. The van der Waals surface area contributed by atoms with Crippen LogP contribution in [0, 0.1) is 13.8 Å². The van der Waals surface area contributed by atoms with Crippen molar-refractivity contribution in [2.45, 2.75) is 20.8 Å². The average Bonchev–Trinajstić information content (AvgIpc) is 3.21. The van der Waals surface area contributed by atoms with E-state index in [0.29, 0.717) is 21.4 Å². The average molecular weight is 410 g/mol. The molecule has 3 rings (SSSR count). The molecule has 0 unspecified atom stereocenters. The molecule has 3 heterocycles. The quantitative estimate of drug-likeness (QED) is 0.495. The fourth-order valence-corrected chi connectivity index (χ4v) is 4.45. The molecule has 3 aromatic heterocycles. The van der Waals surface area contributed by atoms with E-state index in [2.05, 4.69) is 10.3 Å². The zero-order valence-electron chi connectivity index (χ0n) is 14.3. The van der Waals surface area contributed by atoms with E-state index in [9.17, 15) is 9.59 Å². The predicted molar refractivity (Wildman–Crippen MR) is 105 cm³/mol. The predicted octanol–water partition coefficient (Wildman–Crippen LogP) is 4.56. The number of thiazole rings is 1. The second-order valence-electron chi connectivity index (χ2n) is 5.37. The number of anilines is 1. The fraction of sp³-hybridized carbons (Fsp3) is 0.235. The number of esters is 1. The molecule has 6 nitrogen and oxygen atoms in total. The number of imidazole rings is 1. The van der Waals surface area contributed by atoms with E-state index in [1.807, 2.05) is 25.4 Å². The fourth-order valence-electron chi connectivity index (χ4n) is 2.40. The molecule has 0 saturated carbocycles. The van der Waals surface area contributed by atoms with E-state index in [4.69, 9.17) is 16.3 Å². The number of amides is 1. The molecular weight excluding hydrogens is 394 g/mol. The summed E-state index contributed by atoms with van der Waals surface area (Å²) in [6.45, 7) is 5.75. The van der Waals surface area contributed by atoms with Crippen molar-refractivity contribution in [2.75, 3.05) is 11.9 Å². The van der Waals surface area contributed by atoms with Gasteiger partial charge in [-0.3, -0.25) is 9.20 Å². The number of rotatable bonds is 5. The Bertz CT molecular complexity index is 1020. The van der Waals surface area contributed by atoms with Gasteiger partial charge in [0.05, 0.1) is 17.9 Å². The van der Waals surface area contributed by atoms with Crippen LogP contribution < -0.4 is 5.32 Å². The number of hydrogen-bond acceptors (Lipinski definition) is 6. The number of thiophene rings is 1. The lowest BCUT2D eigenvalue weighted by atomic mass is 10.1. The summed E-state index contributed by atoms with van der Waals surface area (Å²) in [5.74, 6) is -0.800. The maximum atomic E-state index is 12.3. The first-order valence-electron chi connectivity index (χ1n) is 7.79. The van der Waals surface area contributed by atoms with Gasteiger partial charge in [-0.2, -0.15) is 0 Å². The van der Waals surface area contributed by atoms with Crippen molar-refractivity contribution in [3.63, 3.8) is 0 Å². The maximum Gasteiger partial charge on any atom is 0.341 e. The highest BCUT2D eigenvalue weighted by atomic mass is 35.5. The van der Waals surface area contributed by atoms with Gasteiger partial charge in [0.1, 0.15) is 5.00 Å². The third-order valence-electron chi connectivity index (χ3n) is 3.75. The van der Waals surface area contributed by atoms with E-state index >= 15 is 0 Å². The number of aryl methyl sites for hydroxylation is 1. The van der Waals surface area contributed by atoms with Gasteiger partial charge in [-0.05, 0) is 32.4 Å². The SMILES string of the molecule is CCOC(=O)c1c(NC(=O)/C=C\c2c(Cl)nc3sccn23)sc(C)c1C. The molecule has 0 aliphatic carbocycles. The minimum atomic E-state index is -0.438. The number of fused-ring (bicyclic) bond motifs is 1. The van der Waals surface area contributed by atoms with Crippen LogP contribution in [0.25, 0.3) is 11.0 Å². The van der Waals surface area contributed by atoms with Gasteiger partial charge in [-0.25, -0.2) is 9.78 Å². The van der Waals surface area contributed by atoms with Gasteiger partial charge in [-0.15, -0.1) is 22.7 Å². The van der Waals surface area contributed by atoms with Crippen molar-refractivity contribution in [1.82, 2.24) is 9.38 Å². The van der Waals surface area contributed by atoms with Gasteiger partial charge in [0.15, 0.2) is 10.1 Å². The molecule has 0 aliphatic rings. The standard InChI is InChI=1S/C17H16ClN3O3S2/c1-4-24-16(23)13-9(2)10(3)26-15(13)19-12(22)6-5-11-14(18)20-17-21(11)7-8-25-17/h5-8H,4H2,1-3H3,(H,19,22)/b6-5-. The molecule has 3 aromatic rings. The van der Waals surface area contributed by atoms with Crippen molar-refractivity contribution >= 4 is 62.2 Å². The van der Waals surface area contributed by atoms with Gasteiger partial charge >= 0.3 is 5.97 Å². The lowest BCUT2D eigenvalue weighted by molar-refractivity contribution is -0.111. The molecule has 1 N–H and O–H groups in total. The summed E-state index contributed by atoms with van der Waals surface area (Å²) in [5, 5.41) is 5.45. The lowest BCUT2D eigenvalue weighted by Crippen LogP contribution is -2.12. The summed E-state index contributed by atoms with van der Waals surface area (Å²) in [7, 11) is 0. The summed E-state index contributed by atoms with van der Waals surface area (Å²) in [6, 6.07) is 0. The van der Waals surface area contributed by atoms with Crippen molar-refractivity contribution in [3.8, 4) is 0 Å². The summed E-state index contributed by atoms with van der Waals surface area (Å²) >= 11 is 8.91. The normalized spacial score (nSPS) is 11.4. The third kappa shape index (κ3) is 3.53. The maximum absolute atomic E-state index is 12.3. The molecule has 0 aliphatic heterocycles. The summed E-state index contributed by atoms with van der Waals surface area (Å²) in [4.78, 5) is 30.4. The van der Waals surface area contributed by atoms with E-state index in [1.54, 1.807) is 17.4 Å². The van der Waals surface area contributed by atoms with E-state index in [-0.39, 0.29) is 12.5 Å². The number of carbonyl (C=O) groups is 2. The highest BCUT2D eigenvalue weighted by molar-refractivity contribution is 7.17. The second kappa shape index (κ2) is 7.61. The number of halogens is 1. The Morgan fingerprint density at radius 1 is 1.42 bits per heavy atom. The van der Waals surface area contributed by atoms with Crippen molar-refractivity contribution in [1.29, 1.82) is 0 Å². The molecule has 26 heavy (non-hydrogen) atoms. The van der Waals surface area contributed by atoms with Crippen LogP contribution in [-0.4, -0.2) is 27.9 Å². The number of carbonyl (C=O) groups excluding carboxylic acids is 2. The molecule has 136 valence electrons. The topological polar surface area (TPSA) is 72.7 Å². The highest BCUT2D eigenvalue weighted by Crippen LogP contribution is 2.33. The minimum Gasteiger partial charge on any atom is -0.462 e. The van der Waals surface area contributed by atoms with Crippen LogP contribution >= 0.6 is 34.3 Å². The van der Waals surface area contributed by atoms with Crippen LogP contribution in [0.5, 0.6) is 0 Å². The first kappa shape index (κ1) is 18.6. The number of aromatic nitrogens is 2. The first-order chi connectivity index (χ1) is 12.4. The van der Waals surface area contributed by atoms with Gasteiger partial charge in [0.2, 0.25) is 5.91 Å². The number of nitrogens with one attached hydrogen (secondary N) is 1. The number of hydrogen-bond donors (Lipinski definition) is 1. The Kier molecular flexibility index (Phi) is 5.45. The van der Waals surface area contributed by atoms with E-state index in [0.717, 1.165) is 15.4 Å². The van der Waals surface area contributed by atoms with Crippen LogP contribution in [0.1, 0.15) is 33.4 Å². The lowest BCUT2D eigenvalue weighted by Gasteiger charge is -2.05. The first-order valence-corrected chi connectivity index (χ1v) is 9.87. The van der Waals surface area contributed by atoms with Crippen LogP contribution in [-0.2, 0) is 9.53 Å². The van der Waals surface area contributed by atoms with Gasteiger partial charge in [0, 0.05) is 22.5 Å². The molecule has 0 saturated heterocycles. The zero-order chi connectivity index (χ0) is 18.8. The molecular formula is C17H16ClN3O3S2. The molecule has 1 amide bonds. The molecule has 0 fully saturated rings. The van der Waals surface area contributed by atoms with Crippen molar-refractivity contribution in [2.24, 2.45) is 0 Å². The Balaban J connectivity index is 1.82. The summed E-state index contributed by atoms with van der Waals surface area (Å²) < 4.78 is 6.89. The van der Waals surface area contributed by atoms with Crippen molar-refractivity contribution in [3.05, 3.63) is 44.5 Å². The molecule has 0 atom stereocenters. The summed E-state index contributed by atoms with van der Waals surface area (Å²) in [6.07, 6.45) is 4.80. The van der Waals surface area contributed by atoms with Crippen LogP contribution in [0.4, 0.5) is 5.00 Å². The van der Waals surface area contributed by atoms with Crippen molar-refractivity contribution < 1.29 is 14.3 Å². The largest absolute Gasteiger partial charge is 0.462 e. The van der Waals surface area contributed by atoms with Crippen LogP contribution in [0.3, 0.4) is 0 Å². The Labute approximate surface area is 163 Å². The Morgan fingerprint density at radius 2 is 2.19 bits per heavy atom. The Morgan fingerprint density at radius 3 is 2.92 bits per heavy atom. The smallest absolute Gasteiger partial charge is 0.341 e. The highest BCUT2D eigenvalue weighted by Gasteiger charge is 2.21. The molecule has 0 bridgehead atoms. The monoisotopic (exact) mass is 409 g/mol. The zero-order valence-corrected chi connectivity index (χ0v) is 16.7. The van der Waals surface area contributed by atoms with Crippen LogP contribution in [0.15, 0.2) is 17.7 Å². The molecule has 9 heteroatoms. The minimum absolute atomic E-state index is 0.275.